The summed E-state index contributed by atoms with van der Waals surface area (Å²) in [5, 5.41) is 2.54. The largest absolute Gasteiger partial charge is 0.496 e. The van der Waals surface area contributed by atoms with Crippen molar-refractivity contribution in [1.29, 1.82) is 0 Å². The van der Waals surface area contributed by atoms with Gasteiger partial charge in [-0.3, -0.25) is 9.69 Å². The average Bonchev–Trinajstić information content (AvgIpc) is 2.75. The highest BCUT2D eigenvalue weighted by molar-refractivity contribution is 9.10. The highest BCUT2D eigenvalue weighted by Gasteiger charge is 2.32. The number of nitrogens with one attached hydrogen (secondary N) is 1. The molecule has 1 N–H and O–H groups in total. The van der Waals surface area contributed by atoms with Crippen molar-refractivity contribution in [1.82, 2.24) is 10.2 Å². The molecule has 1 saturated heterocycles. The number of rotatable bonds is 5. The van der Waals surface area contributed by atoms with Crippen LogP contribution in [-0.2, 0) is 4.79 Å². The average molecular weight is 367 g/mol. The minimum atomic E-state index is -0.470. The Kier molecular flexibility index (Phi) is 4.87. The van der Waals surface area contributed by atoms with E-state index in [0.29, 0.717) is 21.5 Å². The second-order valence-corrected chi connectivity index (χ2v) is 5.28. The third-order valence-corrected chi connectivity index (χ3v) is 3.70. The monoisotopic (exact) mass is 366 g/mol. The Hall–Kier alpha value is -2.28. The number of halogens is 1. The molecule has 0 atom stereocenters. The van der Waals surface area contributed by atoms with E-state index in [9.17, 15) is 9.59 Å². The molecular formula is C15H15BrN2O4. The Balaban J connectivity index is 2.41. The Labute approximate surface area is 136 Å². The molecule has 2 rings (SSSR count). The number of hydrogen-bond acceptors (Lipinski definition) is 4. The van der Waals surface area contributed by atoms with Crippen molar-refractivity contribution < 1.29 is 19.1 Å². The number of ether oxygens (including phenoxy) is 2. The third kappa shape index (κ3) is 2.99. The molecule has 3 amide bonds. The fourth-order valence-corrected chi connectivity index (χ4v) is 2.54. The first-order valence-electron chi connectivity index (χ1n) is 6.38. The van der Waals surface area contributed by atoms with Crippen LogP contribution in [0, 0.1) is 0 Å². The highest BCUT2D eigenvalue weighted by Crippen LogP contribution is 2.34. The summed E-state index contributed by atoms with van der Waals surface area (Å²) in [6.45, 7) is 3.68. The van der Waals surface area contributed by atoms with E-state index in [1.54, 1.807) is 25.3 Å². The summed E-state index contributed by atoms with van der Waals surface area (Å²) in [4.78, 5) is 25.0. The lowest BCUT2D eigenvalue weighted by Crippen LogP contribution is -2.30. The summed E-state index contributed by atoms with van der Waals surface area (Å²) < 4.78 is 11.2. The number of carbonyl (C=O) groups is 2. The van der Waals surface area contributed by atoms with Gasteiger partial charge in [-0.05, 0) is 28.1 Å². The van der Waals surface area contributed by atoms with Gasteiger partial charge in [-0.2, -0.15) is 0 Å². The van der Waals surface area contributed by atoms with Gasteiger partial charge < -0.3 is 14.8 Å². The van der Waals surface area contributed by atoms with Gasteiger partial charge in [0.15, 0.2) is 0 Å². The lowest BCUT2D eigenvalue weighted by Gasteiger charge is -2.10. The molecule has 6 nitrogen and oxygen atoms in total. The van der Waals surface area contributed by atoms with Gasteiger partial charge in [0.1, 0.15) is 17.2 Å². The molecule has 22 heavy (non-hydrogen) atoms. The van der Waals surface area contributed by atoms with Crippen molar-refractivity contribution in [2.75, 3.05) is 20.8 Å². The normalized spacial score (nSPS) is 16.0. The Bertz CT molecular complexity index is 670. The molecule has 0 saturated carbocycles. The van der Waals surface area contributed by atoms with Crippen molar-refractivity contribution in [3.63, 3.8) is 0 Å². The second kappa shape index (κ2) is 6.65. The topological polar surface area (TPSA) is 67.9 Å². The van der Waals surface area contributed by atoms with Crippen molar-refractivity contribution in [3.05, 3.63) is 40.5 Å². The van der Waals surface area contributed by atoms with E-state index in [2.05, 4.69) is 27.8 Å². The number of nitrogens with zero attached hydrogens (tertiary/aromatic N) is 1. The molecule has 0 aliphatic carbocycles. The molecule has 116 valence electrons. The molecule has 0 aromatic heterocycles. The molecule has 1 aliphatic rings. The quantitative estimate of drug-likeness (QED) is 0.494. The molecule has 1 heterocycles. The molecule has 0 unspecified atom stereocenters. The molecule has 1 aromatic rings. The van der Waals surface area contributed by atoms with Crippen LogP contribution in [0.25, 0.3) is 6.08 Å². The fourth-order valence-electron chi connectivity index (χ4n) is 2.02. The van der Waals surface area contributed by atoms with Gasteiger partial charge in [0.25, 0.3) is 5.91 Å². The first-order chi connectivity index (χ1) is 10.5. The highest BCUT2D eigenvalue weighted by atomic mass is 79.9. The van der Waals surface area contributed by atoms with Crippen molar-refractivity contribution in [2.45, 2.75) is 0 Å². The van der Waals surface area contributed by atoms with Gasteiger partial charge in [-0.25, -0.2) is 4.79 Å². The number of benzene rings is 1. The Morgan fingerprint density at radius 3 is 2.55 bits per heavy atom. The van der Waals surface area contributed by atoms with Crippen LogP contribution in [0.15, 0.2) is 35.0 Å². The van der Waals surface area contributed by atoms with Crippen LogP contribution < -0.4 is 14.8 Å². The van der Waals surface area contributed by atoms with Gasteiger partial charge in [0.05, 0.1) is 18.7 Å². The zero-order valence-electron chi connectivity index (χ0n) is 12.2. The van der Waals surface area contributed by atoms with Gasteiger partial charge >= 0.3 is 6.03 Å². The van der Waals surface area contributed by atoms with E-state index in [-0.39, 0.29) is 12.2 Å². The SMILES string of the molecule is C=CCN1C(=O)N/C(=C/c2cc(Br)c(OC)cc2OC)C1=O. The van der Waals surface area contributed by atoms with E-state index in [0.717, 1.165) is 4.90 Å². The van der Waals surface area contributed by atoms with Crippen molar-refractivity contribution in [3.8, 4) is 11.5 Å². The predicted molar refractivity (Wildman–Crippen MR) is 85.7 cm³/mol. The van der Waals surface area contributed by atoms with Crippen LogP contribution in [0.5, 0.6) is 11.5 Å². The molecule has 1 aromatic carbocycles. The number of urea groups is 1. The van der Waals surface area contributed by atoms with Crippen LogP contribution in [0.2, 0.25) is 0 Å². The van der Waals surface area contributed by atoms with E-state index < -0.39 is 11.9 Å². The van der Waals surface area contributed by atoms with Gasteiger partial charge in [-0.15, -0.1) is 6.58 Å². The predicted octanol–water partition coefficient (Wildman–Crippen LogP) is 2.55. The number of amides is 3. The summed E-state index contributed by atoms with van der Waals surface area (Å²) >= 11 is 3.38. The zero-order chi connectivity index (χ0) is 16.3. The van der Waals surface area contributed by atoms with Crippen LogP contribution in [0.1, 0.15) is 5.56 Å². The third-order valence-electron chi connectivity index (χ3n) is 3.08. The number of hydrogen-bond donors (Lipinski definition) is 1. The Morgan fingerprint density at radius 2 is 1.95 bits per heavy atom. The molecule has 0 radical (unpaired) electrons. The van der Waals surface area contributed by atoms with Gasteiger partial charge in [0, 0.05) is 18.2 Å². The summed E-state index contributed by atoms with van der Waals surface area (Å²) in [5.74, 6) is 0.727. The minimum absolute atomic E-state index is 0.158. The maximum atomic E-state index is 12.2. The van der Waals surface area contributed by atoms with E-state index in [4.69, 9.17) is 9.47 Å². The van der Waals surface area contributed by atoms with E-state index in [1.165, 1.54) is 13.2 Å². The molecule has 0 spiro atoms. The van der Waals surface area contributed by atoms with Crippen LogP contribution in [0.4, 0.5) is 4.79 Å². The summed E-state index contributed by atoms with van der Waals surface area (Å²) in [7, 11) is 3.06. The van der Waals surface area contributed by atoms with Crippen LogP contribution >= 0.6 is 15.9 Å². The molecule has 0 bridgehead atoms. The summed E-state index contributed by atoms with van der Waals surface area (Å²) in [5.41, 5.74) is 0.821. The zero-order valence-corrected chi connectivity index (χ0v) is 13.8. The molecule has 7 heteroatoms. The lowest BCUT2D eigenvalue weighted by atomic mass is 10.1. The van der Waals surface area contributed by atoms with Crippen LogP contribution in [-0.4, -0.2) is 37.6 Å². The maximum absolute atomic E-state index is 12.2. The summed E-state index contributed by atoms with van der Waals surface area (Å²) in [6.07, 6.45) is 3.05. The minimum Gasteiger partial charge on any atom is -0.496 e. The van der Waals surface area contributed by atoms with E-state index in [1.807, 2.05) is 0 Å². The Morgan fingerprint density at radius 1 is 1.27 bits per heavy atom. The lowest BCUT2D eigenvalue weighted by molar-refractivity contribution is -0.122. The van der Waals surface area contributed by atoms with Crippen molar-refractivity contribution in [2.24, 2.45) is 0 Å². The number of imide groups is 1. The summed E-state index contributed by atoms with van der Waals surface area (Å²) in [6, 6.07) is 2.97. The maximum Gasteiger partial charge on any atom is 0.329 e. The van der Waals surface area contributed by atoms with Gasteiger partial charge in [0.2, 0.25) is 0 Å². The molecule has 1 aliphatic heterocycles. The smallest absolute Gasteiger partial charge is 0.329 e. The van der Waals surface area contributed by atoms with E-state index >= 15 is 0 Å². The second-order valence-electron chi connectivity index (χ2n) is 4.42. The fraction of sp³-hybridized carbons (Fsp3) is 0.200. The number of carbonyl (C=O) groups excluding carboxylic acids is 2. The van der Waals surface area contributed by atoms with Gasteiger partial charge in [-0.1, -0.05) is 6.08 Å². The first kappa shape index (κ1) is 16.1. The number of methoxy groups -OCH3 is 2. The first-order valence-corrected chi connectivity index (χ1v) is 7.18. The van der Waals surface area contributed by atoms with Crippen molar-refractivity contribution >= 4 is 33.9 Å². The molecule has 1 fully saturated rings. The standard InChI is InChI=1S/C15H15BrN2O4/c1-4-5-18-14(19)11(17-15(18)20)7-9-6-10(16)13(22-3)8-12(9)21-2/h4,6-8H,1,5H2,2-3H3,(H,17,20)/b11-7+. The molecular weight excluding hydrogens is 352 g/mol. The van der Waals surface area contributed by atoms with Crippen LogP contribution in [0.3, 0.4) is 0 Å².